The number of ether oxygens (including phenoxy) is 2. The maximum Gasteiger partial charge on any atom is 0.219 e. The van der Waals surface area contributed by atoms with Gasteiger partial charge in [0.05, 0.1) is 12.7 Å². The zero-order valence-electron chi connectivity index (χ0n) is 11.5. The first-order chi connectivity index (χ1) is 9.61. The van der Waals surface area contributed by atoms with Crippen molar-refractivity contribution in [3.8, 4) is 11.6 Å². The van der Waals surface area contributed by atoms with Crippen LogP contribution in [0.4, 0.5) is 4.39 Å². The van der Waals surface area contributed by atoms with Crippen LogP contribution in [0.15, 0.2) is 36.5 Å². The van der Waals surface area contributed by atoms with Crippen LogP contribution < -0.4 is 15.2 Å². The van der Waals surface area contributed by atoms with E-state index in [1.807, 2.05) is 6.07 Å². The second-order valence-corrected chi connectivity index (χ2v) is 4.43. The topological polar surface area (TPSA) is 57.4 Å². The molecule has 0 fully saturated rings. The molecule has 2 rings (SSSR count). The van der Waals surface area contributed by atoms with E-state index in [4.69, 9.17) is 15.2 Å². The van der Waals surface area contributed by atoms with Crippen molar-refractivity contribution >= 4 is 0 Å². The van der Waals surface area contributed by atoms with Gasteiger partial charge in [-0.05, 0) is 25.1 Å². The molecule has 5 heteroatoms. The van der Waals surface area contributed by atoms with Crippen LogP contribution in [0.2, 0.25) is 0 Å². The van der Waals surface area contributed by atoms with Gasteiger partial charge in [0.1, 0.15) is 18.2 Å². The molecule has 2 N–H and O–H groups in total. The lowest BCUT2D eigenvalue weighted by molar-refractivity contribution is 0.292. The zero-order valence-corrected chi connectivity index (χ0v) is 11.5. The Hall–Kier alpha value is -2.14. The first-order valence-electron chi connectivity index (χ1n) is 6.27. The maximum absolute atomic E-state index is 13.8. The third-order valence-electron chi connectivity index (χ3n) is 2.90. The largest absolute Gasteiger partial charge is 0.489 e. The van der Waals surface area contributed by atoms with Gasteiger partial charge in [-0.1, -0.05) is 6.07 Å². The molecule has 1 heterocycles. The summed E-state index contributed by atoms with van der Waals surface area (Å²) in [6.07, 6.45) is 1.64. The van der Waals surface area contributed by atoms with Gasteiger partial charge in [0.25, 0.3) is 0 Å². The number of rotatable bonds is 5. The van der Waals surface area contributed by atoms with Crippen molar-refractivity contribution in [3.05, 3.63) is 53.5 Å². The van der Waals surface area contributed by atoms with Crippen molar-refractivity contribution in [3.63, 3.8) is 0 Å². The number of nitrogens with two attached hydrogens (primary N) is 1. The molecule has 1 atom stereocenters. The minimum absolute atomic E-state index is 0.258. The number of pyridine rings is 1. The van der Waals surface area contributed by atoms with E-state index in [0.29, 0.717) is 17.2 Å². The van der Waals surface area contributed by atoms with Crippen molar-refractivity contribution in [2.45, 2.75) is 19.6 Å². The van der Waals surface area contributed by atoms with E-state index >= 15 is 0 Å². The summed E-state index contributed by atoms with van der Waals surface area (Å²) < 4.78 is 24.5. The minimum atomic E-state index is -0.365. The van der Waals surface area contributed by atoms with Gasteiger partial charge in [0.15, 0.2) is 0 Å². The first kappa shape index (κ1) is 14.3. The lowest BCUT2D eigenvalue weighted by atomic mass is 10.1. The molecular formula is C15H17FN2O2. The van der Waals surface area contributed by atoms with E-state index in [1.165, 1.54) is 6.07 Å². The average molecular weight is 276 g/mol. The molecule has 0 aliphatic rings. The average Bonchev–Trinajstić information content (AvgIpc) is 2.45. The number of nitrogens with zero attached hydrogens (tertiary/aromatic N) is 1. The summed E-state index contributed by atoms with van der Waals surface area (Å²) in [4.78, 5) is 4.07. The predicted molar refractivity (Wildman–Crippen MR) is 74.1 cm³/mol. The predicted octanol–water partition coefficient (Wildman–Crippen LogP) is 2.83. The highest BCUT2D eigenvalue weighted by molar-refractivity contribution is 5.31. The second-order valence-electron chi connectivity index (χ2n) is 4.43. The lowest BCUT2D eigenvalue weighted by Gasteiger charge is -2.11. The van der Waals surface area contributed by atoms with Crippen LogP contribution in [0, 0.1) is 5.82 Å². The SMILES string of the molecule is COc1ncccc1COc1ccc([C@H](C)N)c(F)c1. The highest BCUT2D eigenvalue weighted by atomic mass is 19.1. The van der Waals surface area contributed by atoms with Gasteiger partial charge in [-0.2, -0.15) is 0 Å². The van der Waals surface area contributed by atoms with Crippen molar-refractivity contribution in [2.75, 3.05) is 7.11 Å². The summed E-state index contributed by atoms with van der Waals surface area (Å²) in [6, 6.07) is 7.96. The van der Waals surface area contributed by atoms with Crippen molar-refractivity contribution in [2.24, 2.45) is 5.73 Å². The van der Waals surface area contributed by atoms with Crippen LogP contribution in [0.5, 0.6) is 11.6 Å². The van der Waals surface area contributed by atoms with Crippen LogP contribution in [0.1, 0.15) is 24.1 Å². The summed E-state index contributed by atoms with van der Waals surface area (Å²) in [5, 5.41) is 0. The van der Waals surface area contributed by atoms with E-state index in [0.717, 1.165) is 5.56 Å². The lowest BCUT2D eigenvalue weighted by Crippen LogP contribution is -2.07. The normalized spacial score (nSPS) is 12.0. The Morgan fingerprint density at radius 1 is 1.35 bits per heavy atom. The van der Waals surface area contributed by atoms with Gasteiger partial charge >= 0.3 is 0 Å². The Kier molecular flexibility index (Phi) is 4.53. The number of halogens is 1. The molecule has 2 aromatic rings. The van der Waals surface area contributed by atoms with Gasteiger partial charge in [-0.15, -0.1) is 0 Å². The van der Waals surface area contributed by atoms with Crippen molar-refractivity contribution < 1.29 is 13.9 Å². The summed E-state index contributed by atoms with van der Waals surface area (Å²) in [6.45, 7) is 1.99. The standard InChI is InChI=1S/C15H17FN2O2/c1-10(17)13-6-5-12(8-14(13)16)20-9-11-4-3-7-18-15(11)19-2/h3-8,10H,9,17H2,1-2H3/t10-/m0/s1. The monoisotopic (exact) mass is 276 g/mol. The number of benzene rings is 1. The Labute approximate surface area is 117 Å². The van der Waals surface area contributed by atoms with E-state index in [2.05, 4.69) is 4.98 Å². The van der Waals surface area contributed by atoms with Gasteiger partial charge in [0, 0.05) is 23.9 Å². The third-order valence-corrected chi connectivity index (χ3v) is 2.90. The molecule has 0 radical (unpaired) electrons. The van der Waals surface area contributed by atoms with Gasteiger partial charge in [0.2, 0.25) is 5.88 Å². The third kappa shape index (κ3) is 3.24. The van der Waals surface area contributed by atoms with Gasteiger partial charge in [-0.25, -0.2) is 9.37 Å². The molecular weight excluding hydrogens is 259 g/mol. The summed E-state index contributed by atoms with van der Waals surface area (Å²) in [7, 11) is 1.54. The smallest absolute Gasteiger partial charge is 0.219 e. The molecule has 0 unspecified atom stereocenters. The Morgan fingerprint density at radius 2 is 2.15 bits per heavy atom. The van der Waals surface area contributed by atoms with Crippen molar-refractivity contribution in [1.29, 1.82) is 0 Å². The number of aromatic nitrogens is 1. The highest BCUT2D eigenvalue weighted by Crippen LogP contribution is 2.22. The molecule has 0 aliphatic heterocycles. The molecule has 1 aromatic carbocycles. The molecule has 1 aromatic heterocycles. The maximum atomic E-state index is 13.8. The molecule has 4 nitrogen and oxygen atoms in total. The van der Waals surface area contributed by atoms with E-state index in [1.54, 1.807) is 38.4 Å². The number of hydrogen-bond acceptors (Lipinski definition) is 4. The molecule has 0 aliphatic carbocycles. The fraction of sp³-hybridized carbons (Fsp3) is 0.267. The van der Waals surface area contributed by atoms with Crippen molar-refractivity contribution in [1.82, 2.24) is 4.98 Å². The fourth-order valence-corrected chi connectivity index (χ4v) is 1.85. The number of hydrogen-bond donors (Lipinski definition) is 1. The molecule has 20 heavy (non-hydrogen) atoms. The van der Waals surface area contributed by atoms with Crippen LogP contribution in [-0.4, -0.2) is 12.1 Å². The summed E-state index contributed by atoms with van der Waals surface area (Å²) in [5.74, 6) is 0.577. The summed E-state index contributed by atoms with van der Waals surface area (Å²) >= 11 is 0. The van der Waals surface area contributed by atoms with E-state index in [9.17, 15) is 4.39 Å². The van der Waals surface area contributed by atoms with Crippen LogP contribution in [0.3, 0.4) is 0 Å². The quantitative estimate of drug-likeness (QED) is 0.912. The molecule has 0 saturated carbocycles. The molecule has 106 valence electrons. The minimum Gasteiger partial charge on any atom is -0.489 e. The molecule has 0 spiro atoms. The van der Waals surface area contributed by atoms with Crippen LogP contribution in [-0.2, 0) is 6.61 Å². The summed E-state index contributed by atoms with van der Waals surface area (Å²) in [5.41, 5.74) is 6.93. The fourth-order valence-electron chi connectivity index (χ4n) is 1.85. The molecule has 0 amide bonds. The number of methoxy groups -OCH3 is 1. The second kappa shape index (κ2) is 6.34. The van der Waals surface area contributed by atoms with Gasteiger partial charge in [-0.3, -0.25) is 0 Å². The first-order valence-corrected chi connectivity index (χ1v) is 6.27. The Bertz CT molecular complexity index is 588. The molecule has 0 saturated heterocycles. The van der Waals surface area contributed by atoms with Gasteiger partial charge < -0.3 is 15.2 Å². The van der Waals surface area contributed by atoms with Crippen LogP contribution in [0.25, 0.3) is 0 Å². The van der Waals surface area contributed by atoms with Crippen LogP contribution >= 0.6 is 0 Å². The van der Waals surface area contributed by atoms with E-state index < -0.39 is 0 Å². The van der Waals surface area contributed by atoms with E-state index in [-0.39, 0.29) is 18.5 Å². The zero-order chi connectivity index (χ0) is 14.5. The highest BCUT2D eigenvalue weighted by Gasteiger charge is 2.09. The molecule has 0 bridgehead atoms. The Balaban J connectivity index is 2.09. The Morgan fingerprint density at radius 3 is 2.80 bits per heavy atom.